The summed E-state index contributed by atoms with van der Waals surface area (Å²) in [7, 11) is 1.31. The van der Waals surface area contributed by atoms with Crippen LogP contribution in [0.3, 0.4) is 0 Å². The van der Waals surface area contributed by atoms with Crippen molar-refractivity contribution in [1.82, 2.24) is 5.32 Å². The number of alkyl halides is 2. The van der Waals surface area contributed by atoms with E-state index in [2.05, 4.69) is 5.32 Å². The molecule has 0 saturated carbocycles. The Morgan fingerprint density at radius 2 is 1.93 bits per heavy atom. The molecule has 0 atom stereocenters. The van der Waals surface area contributed by atoms with Crippen molar-refractivity contribution in [1.29, 1.82) is 0 Å². The molecule has 1 aromatic carbocycles. The van der Waals surface area contributed by atoms with E-state index < -0.39 is 29.7 Å². The summed E-state index contributed by atoms with van der Waals surface area (Å²) in [5, 5.41) is 2.21. The van der Waals surface area contributed by atoms with Crippen LogP contribution in [-0.2, 0) is 5.92 Å². The van der Waals surface area contributed by atoms with E-state index in [0.717, 1.165) is 6.07 Å². The largest absolute Gasteiger partial charge is 0.314 e. The van der Waals surface area contributed by atoms with E-state index in [0.29, 0.717) is 12.1 Å². The van der Waals surface area contributed by atoms with Gasteiger partial charge < -0.3 is 5.32 Å². The number of halogens is 4. The molecule has 14 heavy (non-hydrogen) atoms. The molecule has 0 amide bonds. The van der Waals surface area contributed by atoms with Crippen molar-refractivity contribution in [2.75, 3.05) is 13.6 Å². The van der Waals surface area contributed by atoms with Crippen LogP contribution in [-0.4, -0.2) is 13.6 Å². The van der Waals surface area contributed by atoms with Crippen LogP contribution >= 0.6 is 0 Å². The fraction of sp³-hybridized carbons (Fsp3) is 0.333. The van der Waals surface area contributed by atoms with Crippen molar-refractivity contribution in [3.05, 3.63) is 35.4 Å². The minimum Gasteiger partial charge on any atom is -0.314 e. The number of hydrogen-bond acceptors (Lipinski definition) is 1. The van der Waals surface area contributed by atoms with Crippen LogP contribution in [0.25, 0.3) is 0 Å². The van der Waals surface area contributed by atoms with Gasteiger partial charge in [-0.25, -0.2) is 8.78 Å². The first kappa shape index (κ1) is 11.0. The average molecular weight is 207 g/mol. The maximum Gasteiger partial charge on any atom is 0.288 e. The van der Waals surface area contributed by atoms with E-state index in [1.807, 2.05) is 0 Å². The zero-order valence-electron chi connectivity index (χ0n) is 7.45. The summed E-state index contributed by atoms with van der Waals surface area (Å²) in [4.78, 5) is 0. The van der Waals surface area contributed by atoms with Gasteiger partial charge in [-0.1, -0.05) is 0 Å². The molecule has 1 aromatic rings. The second-order valence-electron chi connectivity index (χ2n) is 2.86. The van der Waals surface area contributed by atoms with Gasteiger partial charge >= 0.3 is 0 Å². The lowest BCUT2D eigenvalue weighted by atomic mass is 10.1. The van der Waals surface area contributed by atoms with Crippen LogP contribution in [0.1, 0.15) is 5.56 Å². The van der Waals surface area contributed by atoms with Gasteiger partial charge in [0.1, 0.15) is 11.6 Å². The first-order chi connectivity index (χ1) is 6.47. The van der Waals surface area contributed by atoms with E-state index in [4.69, 9.17) is 0 Å². The van der Waals surface area contributed by atoms with Crippen LogP contribution in [0.2, 0.25) is 0 Å². The van der Waals surface area contributed by atoms with Crippen LogP contribution in [0.4, 0.5) is 17.6 Å². The molecular weight excluding hydrogens is 198 g/mol. The Morgan fingerprint density at radius 3 is 2.50 bits per heavy atom. The minimum atomic E-state index is -3.40. The molecule has 0 saturated heterocycles. The maximum absolute atomic E-state index is 13.1. The molecule has 0 radical (unpaired) electrons. The van der Waals surface area contributed by atoms with Gasteiger partial charge in [0.05, 0.1) is 12.1 Å². The molecule has 5 heteroatoms. The third-order valence-electron chi connectivity index (χ3n) is 1.72. The van der Waals surface area contributed by atoms with E-state index >= 15 is 0 Å². The van der Waals surface area contributed by atoms with Crippen molar-refractivity contribution in [2.45, 2.75) is 5.92 Å². The molecule has 0 spiro atoms. The highest BCUT2D eigenvalue weighted by atomic mass is 19.3. The van der Waals surface area contributed by atoms with Crippen molar-refractivity contribution in [2.24, 2.45) is 0 Å². The van der Waals surface area contributed by atoms with Crippen LogP contribution in [0.5, 0.6) is 0 Å². The highest BCUT2D eigenvalue weighted by Gasteiger charge is 2.33. The van der Waals surface area contributed by atoms with E-state index in [1.165, 1.54) is 7.05 Å². The van der Waals surface area contributed by atoms with Gasteiger partial charge in [0.15, 0.2) is 0 Å². The van der Waals surface area contributed by atoms with Gasteiger partial charge in [0.25, 0.3) is 5.92 Å². The standard InChI is InChI=1S/C9H9F4N/c1-14-5-9(12,13)7-4-6(10)2-3-8(7)11/h2-4,14H,5H2,1H3. The van der Waals surface area contributed by atoms with Gasteiger partial charge in [-0.3, -0.25) is 0 Å². The molecule has 78 valence electrons. The molecule has 1 N–H and O–H groups in total. The summed E-state index contributed by atoms with van der Waals surface area (Å²) in [6.07, 6.45) is 0. The molecule has 0 bridgehead atoms. The Morgan fingerprint density at radius 1 is 1.29 bits per heavy atom. The Bertz CT molecular complexity index is 325. The number of hydrogen-bond donors (Lipinski definition) is 1. The molecule has 1 rings (SSSR count). The summed E-state index contributed by atoms with van der Waals surface area (Å²) in [5.41, 5.74) is -0.924. The lowest BCUT2D eigenvalue weighted by Gasteiger charge is -2.16. The van der Waals surface area contributed by atoms with Gasteiger partial charge in [0.2, 0.25) is 0 Å². The molecule has 0 unspecified atom stereocenters. The third-order valence-corrected chi connectivity index (χ3v) is 1.72. The Hall–Kier alpha value is -1.10. The third kappa shape index (κ3) is 2.23. The molecule has 0 heterocycles. The van der Waals surface area contributed by atoms with Crippen molar-refractivity contribution >= 4 is 0 Å². The zero-order chi connectivity index (χ0) is 10.8. The van der Waals surface area contributed by atoms with Gasteiger partial charge in [-0.15, -0.1) is 0 Å². The summed E-state index contributed by atoms with van der Waals surface area (Å²) in [5.74, 6) is -5.38. The summed E-state index contributed by atoms with van der Waals surface area (Å²) in [6.45, 7) is -0.729. The Kier molecular flexibility index (Phi) is 3.10. The second-order valence-corrected chi connectivity index (χ2v) is 2.86. The second kappa shape index (κ2) is 3.96. The topological polar surface area (TPSA) is 12.0 Å². The smallest absolute Gasteiger partial charge is 0.288 e. The monoisotopic (exact) mass is 207 g/mol. The maximum atomic E-state index is 13.1. The van der Waals surface area contributed by atoms with Crippen molar-refractivity contribution in [3.8, 4) is 0 Å². The highest BCUT2D eigenvalue weighted by molar-refractivity contribution is 5.23. The van der Waals surface area contributed by atoms with Crippen molar-refractivity contribution < 1.29 is 17.6 Å². The number of rotatable bonds is 3. The van der Waals surface area contributed by atoms with Crippen LogP contribution in [0, 0.1) is 11.6 Å². The predicted octanol–water partition coefficient (Wildman–Crippen LogP) is 2.28. The summed E-state index contributed by atoms with van der Waals surface area (Å²) in [6, 6.07) is 2.00. The molecule has 0 aliphatic rings. The number of benzene rings is 1. The summed E-state index contributed by atoms with van der Waals surface area (Å²) < 4.78 is 51.8. The minimum absolute atomic E-state index is 0.507. The van der Waals surface area contributed by atoms with Gasteiger partial charge in [0, 0.05) is 0 Å². The fourth-order valence-electron chi connectivity index (χ4n) is 1.10. The lowest BCUT2D eigenvalue weighted by molar-refractivity contribution is -0.00502. The molecular formula is C9H9F4N. The molecule has 0 aliphatic carbocycles. The average Bonchev–Trinajstić information content (AvgIpc) is 2.09. The molecule has 0 aromatic heterocycles. The molecule has 0 fully saturated rings. The SMILES string of the molecule is CNCC(F)(F)c1cc(F)ccc1F. The van der Waals surface area contributed by atoms with E-state index in [-0.39, 0.29) is 0 Å². The predicted molar refractivity (Wildman–Crippen MR) is 44.2 cm³/mol. The summed E-state index contributed by atoms with van der Waals surface area (Å²) >= 11 is 0. The normalized spacial score (nSPS) is 11.8. The highest BCUT2D eigenvalue weighted by Crippen LogP contribution is 2.29. The lowest BCUT2D eigenvalue weighted by Crippen LogP contribution is -2.29. The Balaban J connectivity index is 3.10. The van der Waals surface area contributed by atoms with E-state index in [9.17, 15) is 17.6 Å². The number of likely N-dealkylation sites (N-methyl/N-ethyl adjacent to an activating group) is 1. The fourth-order valence-corrected chi connectivity index (χ4v) is 1.10. The Labute approximate surface area is 78.7 Å². The zero-order valence-corrected chi connectivity index (χ0v) is 7.45. The van der Waals surface area contributed by atoms with Gasteiger partial charge in [-0.2, -0.15) is 8.78 Å². The molecule has 0 aliphatic heterocycles. The van der Waals surface area contributed by atoms with E-state index in [1.54, 1.807) is 0 Å². The first-order valence-electron chi connectivity index (χ1n) is 3.95. The van der Waals surface area contributed by atoms with Crippen LogP contribution in [0.15, 0.2) is 18.2 Å². The molecule has 1 nitrogen and oxygen atoms in total. The van der Waals surface area contributed by atoms with Crippen molar-refractivity contribution in [3.63, 3.8) is 0 Å². The van der Waals surface area contributed by atoms with Gasteiger partial charge in [-0.05, 0) is 25.2 Å². The number of nitrogens with one attached hydrogen (secondary N) is 1. The first-order valence-corrected chi connectivity index (χ1v) is 3.95. The van der Waals surface area contributed by atoms with Crippen LogP contribution < -0.4 is 5.32 Å². The quantitative estimate of drug-likeness (QED) is 0.750.